The number of hydrogen-bond acceptors (Lipinski definition) is 7. The van der Waals surface area contributed by atoms with Gasteiger partial charge >= 0.3 is 11.8 Å². The van der Waals surface area contributed by atoms with E-state index in [9.17, 15) is 9.18 Å². The largest absolute Gasteiger partial charge is 0.411 e. The molecule has 6 heterocycles. The van der Waals surface area contributed by atoms with Crippen LogP contribution in [-0.2, 0) is 13.5 Å². The number of halogens is 1. The zero-order valence-corrected chi connectivity index (χ0v) is 17.7. The predicted octanol–water partition coefficient (Wildman–Crippen LogP) is 2.08. The van der Waals surface area contributed by atoms with Crippen LogP contribution >= 0.6 is 0 Å². The highest BCUT2D eigenvalue weighted by Gasteiger charge is 2.38. The van der Waals surface area contributed by atoms with Crippen molar-refractivity contribution in [1.29, 1.82) is 0 Å². The van der Waals surface area contributed by atoms with Gasteiger partial charge < -0.3 is 14.3 Å². The molecule has 0 aromatic carbocycles. The number of amides is 1. The van der Waals surface area contributed by atoms with E-state index in [0.29, 0.717) is 35.6 Å². The lowest BCUT2D eigenvalue weighted by Gasteiger charge is -2.32. The monoisotopic (exact) mass is 447 g/mol. The van der Waals surface area contributed by atoms with Crippen molar-refractivity contribution in [3.8, 4) is 11.6 Å². The Kier molecular flexibility index (Phi) is 4.15. The third-order valence-corrected chi connectivity index (χ3v) is 5.88. The number of carbonyl (C=O) groups excluding carboxylic acids is 1. The standard InChI is InChI=1S/C21H18FN9O2/c1-11-8-15(27-29(11)2)19-25-26-20(33-19)21(32)30-7-5-13-17(24-10-23-13)18(30)14-9-16-12(22)4-3-6-31(16)28-14/h3-4,6,8-10,18H,5,7H2,1-2H3,(H,23,24)/t18-/m0/s1. The Labute approximate surface area is 185 Å². The van der Waals surface area contributed by atoms with Crippen molar-refractivity contribution in [2.75, 3.05) is 6.54 Å². The van der Waals surface area contributed by atoms with Gasteiger partial charge in [-0.15, -0.1) is 10.2 Å². The highest BCUT2D eigenvalue weighted by Crippen LogP contribution is 2.34. The van der Waals surface area contributed by atoms with Crippen LogP contribution in [-0.4, -0.2) is 56.9 Å². The summed E-state index contributed by atoms with van der Waals surface area (Å²) in [5.74, 6) is -0.866. The van der Waals surface area contributed by atoms with Crippen molar-refractivity contribution in [2.24, 2.45) is 7.05 Å². The first-order chi connectivity index (χ1) is 16.0. The van der Waals surface area contributed by atoms with Gasteiger partial charge in [0.25, 0.3) is 5.89 Å². The number of fused-ring (bicyclic) bond motifs is 2. The van der Waals surface area contributed by atoms with Gasteiger partial charge in [-0.1, -0.05) is 0 Å². The molecule has 1 aliphatic heterocycles. The van der Waals surface area contributed by atoms with Crippen LogP contribution in [0.5, 0.6) is 0 Å². The molecule has 1 aliphatic rings. The van der Waals surface area contributed by atoms with Gasteiger partial charge in [-0.25, -0.2) is 13.9 Å². The first-order valence-corrected chi connectivity index (χ1v) is 10.3. The molecule has 12 heteroatoms. The van der Waals surface area contributed by atoms with Crippen molar-refractivity contribution < 1.29 is 13.6 Å². The van der Waals surface area contributed by atoms with Crippen LogP contribution in [0.3, 0.4) is 0 Å². The maximum absolute atomic E-state index is 14.3. The van der Waals surface area contributed by atoms with Gasteiger partial charge in [-0.05, 0) is 31.2 Å². The summed E-state index contributed by atoms with van der Waals surface area (Å²) in [4.78, 5) is 22.6. The fraction of sp³-hybridized carbons (Fsp3) is 0.238. The number of pyridine rings is 1. The molecule has 33 heavy (non-hydrogen) atoms. The minimum atomic E-state index is -0.640. The van der Waals surface area contributed by atoms with Crippen LogP contribution in [0, 0.1) is 12.7 Å². The Morgan fingerprint density at radius 3 is 2.94 bits per heavy atom. The minimum Gasteiger partial charge on any atom is -0.411 e. The predicted molar refractivity (Wildman–Crippen MR) is 112 cm³/mol. The SMILES string of the molecule is Cc1cc(-c2nnc(C(=O)N3CCc4[nH]cnc4[C@@H]3c3cc4c(F)cccn4n3)o2)nn1C. The smallest absolute Gasteiger partial charge is 0.312 e. The Morgan fingerprint density at radius 2 is 2.15 bits per heavy atom. The van der Waals surface area contributed by atoms with E-state index in [2.05, 4.69) is 30.4 Å². The lowest BCUT2D eigenvalue weighted by atomic mass is 9.99. The Hall–Kier alpha value is -4.35. The first kappa shape index (κ1) is 19.3. The molecule has 0 bridgehead atoms. The van der Waals surface area contributed by atoms with E-state index in [1.165, 1.54) is 10.6 Å². The van der Waals surface area contributed by atoms with E-state index in [4.69, 9.17) is 4.42 Å². The fourth-order valence-electron chi connectivity index (χ4n) is 4.13. The Bertz CT molecular complexity index is 1490. The van der Waals surface area contributed by atoms with Crippen LogP contribution in [0.25, 0.3) is 17.1 Å². The lowest BCUT2D eigenvalue weighted by Crippen LogP contribution is -2.41. The zero-order valence-electron chi connectivity index (χ0n) is 17.7. The van der Waals surface area contributed by atoms with Gasteiger partial charge in [0.05, 0.1) is 17.7 Å². The number of rotatable bonds is 3. The summed E-state index contributed by atoms with van der Waals surface area (Å²) in [7, 11) is 1.80. The summed E-state index contributed by atoms with van der Waals surface area (Å²) < 4.78 is 23.1. The van der Waals surface area contributed by atoms with Gasteiger partial charge in [0.2, 0.25) is 0 Å². The molecule has 11 nitrogen and oxygen atoms in total. The Balaban J connectivity index is 1.40. The molecule has 0 spiro atoms. The Morgan fingerprint density at radius 1 is 1.27 bits per heavy atom. The van der Waals surface area contributed by atoms with E-state index < -0.39 is 17.8 Å². The summed E-state index contributed by atoms with van der Waals surface area (Å²) in [5.41, 5.74) is 3.75. The summed E-state index contributed by atoms with van der Waals surface area (Å²) in [6, 6.07) is 5.72. The molecule has 0 unspecified atom stereocenters. The van der Waals surface area contributed by atoms with E-state index >= 15 is 0 Å². The molecule has 0 saturated heterocycles. The molecule has 0 aliphatic carbocycles. The molecule has 1 N–H and O–H groups in total. The van der Waals surface area contributed by atoms with E-state index in [-0.39, 0.29) is 11.8 Å². The lowest BCUT2D eigenvalue weighted by molar-refractivity contribution is 0.0646. The highest BCUT2D eigenvalue weighted by atomic mass is 19.1. The molecule has 0 fully saturated rings. The third kappa shape index (κ3) is 3.02. The molecule has 6 rings (SSSR count). The molecular weight excluding hydrogens is 429 g/mol. The number of aromatic nitrogens is 8. The van der Waals surface area contributed by atoms with Gasteiger partial charge in [-0.2, -0.15) is 10.2 Å². The first-order valence-electron chi connectivity index (χ1n) is 10.3. The molecule has 1 atom stereocenters. The number of imidazole rings is 1. The minimum absolute atomic E-state index is 0.158. The molecule has 0 radical (unpaired) electrons. The average molecular weight is 447 g/mol. The number of H-pyrrole nitrogens is 1. The molecular formula is C21H18FN9O2. The summed E-state index contributed by atoms with van der Waals surface area (Å²) in [5, 5.41) is 16.8. The molecule has 166 valence electrons. The topological polar surface area (TPSA) is 123 Å². The molecule has 0 saturated carbocycles. The fourth-order valence-corrected chi connectivity index (χ4v) is 4.13. The van der Waals surface area contributed by atoms with Crippen LogP contribution in [0.1, 0.15) is 39.5 Å². The van der Waals surface area contributed by atoms with Gasteiger partial charge in [0.15, 0.2) is 0 Å². The van der Waals surface area contributed by atoms with Crippen molar-refractivity contribution in [3.05, 3.63) is 71.3 Å². The van der Waals surface area contributed by atoms with Gasteiger partial charge in [0, 0.05) is 37.6 Å². The summed E-state index contributed by atoms with van der Waals surface area (Å²) in [6.07, 6.45) is 3.80. The summed E-state index contributed by atoms with van der Waals surface area (Å²) in [6.45, 7) is 2.27. The zero-order chi connectivity index (χ0) is 22.7. The average Bonchev–Trinajstić information content (AvgIpc) is 3.59. The van der Waals surface area contributed by atoms with E-state index in [1.807, 2.05) is 6.92 Å². The molecule has 5 aromatic rings. The second kappa shape index (κ2) is 7.08. The van der Waals surface area contributed by atoms with Crippen LogP contribution in [0.4, 0.5) is 4.39 Å². The van der Waals surface area contributed by atoms with Gasteiger partial charge in [-0.3, -0.25) is 9.48 Å². The van der Waals surface area contributed by atoms with Crippen LogP contribution < -0.4 is 0 Å². The van der Waals surface area contributed by atoms with Crippen molar-refractivity contribution in [1.82, 2.24) is 44.5 Å². The van der Waals surface area contributed by atoms with Crippen LogP contribution in [0.2, 0.25) is 0 Å². The maximum Gasteiger partial charge on any atom is 0.312 e. The van der Waals surface area contributed by atoms with Crippen LogP contribution in [0.15, 0.2) is 41.2 Å². The number of aryl methyl sites for hydroxylation is 2. The second-order valence-electron chi connectivity index (χ2n) is 7.88. The molecule has 5 aromatic heterocycles. The van der Waals surface area contributed by atoms with Crippen molar-refractivity contribution >= 4 is 11.4 Å². The molecule has 1 amide bonds. The normalized spacial score (nSPS) is 15.8. The van der Waals surface area contributed by atoms with Crippen molar-refractivity contribution in [3.63, 3.8) is 0 Å². The quantitative estimate of drug-likeness (QED) is 0.449. The second-order valence-corrected chi connectivity index (χ2v) is 7.88. The number of nitrogens with one attached hydrogen (secondary N) is 1. The highest BCUT2D eigenvalue weighted by molar-refractivity contribution is 5.90. The van der Waals surface area contributed by atoms with E-state index in [0.717, 1.165) is 11.4 Å². The van der Waals surface area contributed by atoms with E-state index in [1.54, 1.807) is 47.4 Å². The number of nitrogens with zero attached hydrogens (tertiary/aromatic N) is 8. The maximum atomic E-state index is 14.3. The summed E-state index contributed by atoms with van der Waals surface area (Å²) >= 11 is 0. The third-order valence-electron chi connectivity index (χ3n) is 5.88. The number of carbonyl (C=O) groups is 1. The van der Waals surface area contributed by atoms with Gasteiger partial charge in [0.1, 0.15) is 23.1 Å². The number of hydrogen-bond donors (Lipinski definition) is 1. The number of aromatic amines is 1. The van der Waals surface area contributed by atoms with Crippen molar-refractivity contribution in [2.45, 2.75) is 19.4 Å².